The number of likely N-dealkylation sites (N-methyl/N-ethyl adjacent to an activating group) is 1. The van der Waals surface area contributed by atoms with Crippen LogP contribution in [0.4, 0.5) is 0 Å². The van der Waals surface area contributed by atoms with Gasteiger partial charge in [0.1, 0.15) is 12.4 Å². The summed E-state index contributed by atoms with van der Waals surface area (Å²) in [5.74, 6) is 1.72. The second-order valence-electron chi connectivity index (χ2n) is 5.73. The second-order valence-corrected chi connectivity index (χ2v) is 5.73. The predicted molar refractivity (Wildman–Crippen MR) is 99.8 cm³/mol. The van der Waals surface area contributed by atoms with Crippen LogP contribution in [0.1, 0.15) is 18.9 Å². The van der Waals surface area contributed by atoms with Crippen LogP contribution in [0, 0.1) is 0 Å². The van der Waals surface area contributed by atoms with E-state index < -0.39 is 0 Å². The Morgan fingerprint density at radius 2 is 1.96 bits per heavy atom. The van der Waals surface area contributed by atoms with E-state index in [-0.39, 0.29) is 0 Å². The van der Waals surface area contributed by atoms with Gasteiger partial charge in [-0.25, -0.2) is 4.99 Å². The third-order valence-corrected chi connectivity index (χ3v) is 3.34. The van der Waals surface area contributed by atoms with Crippen LogP contribution in [-0.2, 0) is 11.3 Å². The Kier molecular flexibility index (Phi) is 10.6. The number of rotatable bonds is 11. The van der Waals surface area contributed by atoms with Crippen molar-refractivity contribution < 1.29 is 9.47 Å². The minimum absolute atomic E-state index is 0.581. The summed E-state index contributed by atoms with van der Waals surface area (Å²) in [7, 11) is 5.79. The van der Waals surface area contributed by atoms with Gasteiger partial charge in [0.2, 0.25) is 0 Å². The highest BCUT2D eigenvalue weighted by molar-refractivity contribution is 5.79. The van der Waals surface area contributed by atoms with Crippen molar-refractivity contribution in [3.63, 3.8) is 0 Å². The molecule has 0 radical (unpaired) electrons. The lowest BCUT2D eigenvalue weighted by Crippen LogP contribution is -2.38. The number of para-hydroxylation sites is 1. The van der Waals surface area contributed by atoms with E-state index in [1.165, 1.54) is 0 Å². The minimum atomic E-state index is 0.581. The molecule has 136 valence electrons. The summed E-state index contributed by atoms with van der Waals surface area (Å²) >= 11 is 0. The molecule has 0 aliphatic heterocycles. The Bertz CT molecular complexity index is 478. The first kappa shape index (κ1) is 20.3. The van der Waals surface area contributed by atoms with E-state index in [9.17, 15) is 0 Å². The smallest absolute Gasteiger partial charge is 0.191 e. The molecule has 0 heterocycles. The van der Waals surface area contributed by atoms with Crippen molar-refractivity contribution >= 4 is 5.96 Å². The molecule has 0 saturated heterocycles. The lowest BCUT2D eigenvalue weighted by molar-refractivity contribution is 0.195. The first-order valence-electron chi connectivity index (χ1n) is 8.54. The molecule has 0 aliphatic rings. The second kappa shape index (κ2) is 12.6. The zero-order chi connectivity index (χ0) is 17.6. The highest BCUT2D eigenvalue weighted by Gasteiger charge is 2.04. The maximum absolute atomic E-state index is 5.89. The van der Waals surface area contributed by atoms with Crippen LogP contribution in [0.25, 0.3) is 0 Å². The molecule has 1 aromatic rings. The van der Waals surface area contributed by atoms with E-state index in [0.717, 1.165) is 49.9 Å². The fraction of sp³-hybridized carbons (Fsp3) is 0.611. The molecular weight excluding hydrogens is 304 g/mol. The van der Waals surface area contributed by atoms with Crippen molar-refractivity contribution in [2.45, 2.75) is 19.9 Å². The predicted octanol–water partition coefficient (Wildman–Crippen LogP) is 1.72. The monoisotopic (exact) mass is 336 g/mol. The maximum atomic E-state index is 5.89. The molecule has 0 bridgehead atoms. The largest absolute Gasteiger partial charge is 0.492 e. The van der Waals surface area contributed by atoms with Crippen molar-refractivity contribution in [1.82, 2.24) is 15.5 Å². The van der Waals surface area contributed by atoms with E-state index in [1.54, 1.807) is 7.11 Å². The van der Waals surface area contributed by atoms with Crippen LogP contribution in [0.3, 0.4) is 0 Å². The Morgan fingerprint density at radius 3 is 2.67 bits per heavy atom. The van der Waals surface area contributed by atoms with Crippen molar-refractivity contribution in [2.24, 2.45) is 4.99 Å². The first-order valence-corrected chi connectivity index (χ1v) is 8.54. The van der Waals surface area contributed by atoms with Crippen LogP contribution in [0.5, 0.6) is 5.75 Å². The molecule has 0 spiro atoms. The molecule has 0 atom stereocenters. The summed E-state index contributed by atoms with van der Waals surface area (Å²) in [5.41, 5.74) is 1.09. The lowest BCUT2D eigenvalue weighted by atomic mass is 10.2. The van der Waals surface area contributed by atoms with Gasteiger partial charge in [-0.3, -0.25) is 0 Å². The van der Waals surface area contributed by atoms with Gasteiger partial charge in [0.05, 0.1) is 6.54 Å². The summed E-state index contributed by atoms with van der Waals surface area (Å²) in [6.45, 7) is 6.61. The van der Waals surface area contributed by atoms with Gasteiger partial charge >= 0.3 is 0 Å². The highest BCUT2D eigenvalue weighted by Crippen LogP contribution is 2.18. The molecule has 6 nitrogen and oxygen atoms in total. The van der Waals surface area contributed by atoms with Crippen molar-refractivity contribution in [3.8, 4) is 5.75 Å². The van der Waals surface area contributed by atoms with Gasteiger partial charge in [-0.05, 0) is 33.5 Å². The third kappa shape index (κ3) is 8.74. The molecule has 1 rings (SSSR count). The molecular formula is C18H32N4O2. The zero-order valence-corrected chi connectivity index (χ0v) is 15.5. The van der Waals surface area contributed by atoms with Crippen LogP contribution in [-0.4, -0.2) is 64.9 Å². The summed E-state index contributed by atoms with van der Waals surface area (Å²) < 4.78 is 10.9. The van der Waals surface area contributed by atoms with E-state index in [2.05, 4.69) is 33.5 Å². The minimum Gasteiger partial charge on any atom is -0.492 e. The van der Waals surface area contributed by atoms with Crippen molar-refractivity contribution in [2.75, 3.05) is 54.1 Å². The number of guanidine groups is 1. The Morgan fingerprint density at radius 1 is 1.17 bits per heavy atom. The Hall–Kier alpha value is -1.79. The van der Waals surface area contributed by atoms with Crippen LogP contribution >= 0.6 is 0 Å². The number of hydrogen-bond donors (Lipinski definition) is 2. The number of benzene rings is 1. The first-order chi connectivity index (χ1) is 11.7. The number of nitrogens with one attached hydrogen (secondary N) is 2. The molecule has 0 aliphatic carbocycles. The Balaban J connectivity index is 2.60. The average molecular weight is 336 g/mol. The summed E-state index contributed by atoms with van der Waals surface area (Å²) in [5, 5.41) is 6.57. The number of methoxy groups -OCH3 is 1. The third-order valence-electron chi connectivity index (χ3n) is 3.34. The van der Waals surface area contributed by atoms with Crippen molar-refractivity contribution in [3.05, 3.63) is 29.8 Å². The van der Waals surface area contributed by atoms with E-state index >= 15 is 0 Å². The molecule has 0 fully saturated rings. The van der Waals surface area contributed by atoms with Gasteiger partial charge in [-0.2, -0.15) is 0 Å². The van der Waals surface area contributed by atoms with Crippen LogP contribution < -0.4 is 15.4 Å². The molecule has 6 heteroatoms. The number of hydrogen-bond acceptors (Lipinski definition) is 4. The van der Waals surface area contributed by atoms with Gasteiger partial charge in [0, 0.05) is 38.9 Å². The number of aliphatic imine (C=N–C) groups is 1. The van der Waals surface area contributed by atoms with Gasteiger partial charge in [-0.15, -0.1) is 0 Å². The number of ether oxygens (including phenoxy) is 2. The van der Waals surface area contributed by atoms with Crippen molar-refractivity contribution in [1.29, 1.82) is 0 Å². The summed E-state index contributed by atoms with van der Waals surface area (Å²) in [6, 6.07) is 8.07. The van der Waals surface area contributed by atoms with E-state index in [1.807, 2.05) is 32.3 Å². The van der Waals surface area contributed by atoms with E-state index in [4.69, 9.17) is 9.47 Å². The van der Waals surface area contributed by atoms with Gasteiger partial charge < -0.3 is 25.0 Å². The molecule has 24 heavy (non-hydrogen) atoms. The number of nitrogens with zero attached hydrogens (tertiary/aromatic N) is 2. The fourth-order valence-electron chi connectivity index (χ4n) is 2.04. The topological polar surface area (TPSA) is 58.1 Å². The maximum Gasteiger partial charge on any atom is 0.191 e. The standard InChI is InChI=1S/C18H32N4O2/c1-5-19-18(20-11-8-13-23-4)21-15-16-9-6-7-10-17(16)24-14-12-22(2)3/h6-7,9-10H,5,8,11-15H2,1-4H3,(H2,19,20,21). The highest BCUT2D eigenvalue weighted by atomic mass is 16.5. The van der Waals surface area contributed by atoms with Crippen LogP contribution in [0.2, 0.25) is 0 Å². The molecule has 0 unspecified atom stereocenters. The molecule has 0 amide bonds. The van der Waals surface area contributed by atoms with Crippen LogP contribution in [0.15, 0.2) is 29.3 Å². The lowest BCUT2D eigenvalue weighted by Gasteiger charge is -2.14. The normalized spacial score (nSPS) is 11.6. The summed E-state index contributed by atoms with van der Waals surface area (Å²) in [4.78, 5) is 6.75. The molecule has 2 N–H and O–H groups in total. The SMILES string of the molecule is CCNC(=NCc1ccccc1OCCN(C)C)NCCCOC. The average Bonchev–Trinajstić information content (AvgIpc) is 2.57. The zero-order valence-electron chi connectivity index (χ0n) is 15.5. The quantitative estimate of drug-likeness (QED) is 0.366. The van der Waals surface area contributed by atoms with E-state index in [0.29, 0.717) is 13.2 Å². The molecule has 0 saturated carbocycles. The summed E-state index contributed by atoms with van der Waals surface area (Å²) in [6.07, 6.45) is 0.950. The Labute approximate surface area is 146 Å². The van der Waals surface area contributed by atoms with Gasteiger partial charge in [0.15, 0.2) is 5.96 Å². The van der Waals surface area contributed by atoms with Gasteiger partial charge in [0.25, 0.3) is 0 Å². The molecule has 0 aromatic heterocycles. The molecule has 1 aromatic carbocycles. The fourth-order valence-corrected chi connectivity index (χ4v) is 2.04. The van der Waals surface area contributed by atoms with Gasteiger partial charge in [-0.1, -0.05) is 18.2 Å².